The van der Waals surface area contributed by atoms with Gasteiger partial charge in [-0.05, 0) is 167 Å². The largest absolute Gasteiger partial charge is 0.472 e. The van der Waals surface area contributed by atoms with Crippen LogP contribution in [0.3, 0.4) is 0 Å². The molecule has 0 bridgehead atoms. The Balaban J connectivity index is 5.54. The molecular formula is C89H140O17P2. The van der Waals surface area contributed by atoms with Crippen LogP contribution in [0.25, 0.3) is 0 Å². The molecule has 108 heavy (non-hydrogen) atoms. The van der Waals surface area contributed by atoms with E-state index in [1.807, 2.05) is 24.3 Å². The van der Waals surface area contributed by atoms with E-state index in [-0.39, 0.29) is 25.7 Å². The third kappa shape index (κ3) is 77.8. The van der Waals surface area contributed by atoms with Crippen LogP contribution in [0.15, 0.2) is 207 Å². The van der Waals surface area contributed by atoms with Gasteiger partial charge in [0.25, 0.3) is 0 Å². The Morgan fingerprint density at radius 1 is 0.278 bits per heavy atom. The average molecular weight is 1540 g/mol. The van der Waals surface area contributed by atoms with Gasteiger partial charge < -0.3 is 33.8 Å². The van der Waals surface area contributed by atoms with Crippen molar-refractivity contribution in [3.8, 4) is 0 Å². The van der Waals surface area contributed by atoms with Crippen LogP contribution < -0.4 is 0 Å². The zero-order valence-electron chi connectivity index (χ0n) is 66.4. The number of hydrogen-bond acceptors (Lipinski definition) is 15. The van der Waals surface area contributed by atoms with Gasteiger partial charge in [-0.15, -0.1) is 0 Å². The number of carbonyl (C=O) groups is 4. The SMILES string of the molecule is CC/C=C\C/C=C\C/C=C\C/C=C\C/C=C\CCCC(=O)OCC(COP(=O)(O)OCC(O)COP(=O)(O)OCC(COC(=O)CCCCCCCC/C=C\C/C=C\C/C=C\CCCCC)OC(=O)CCCCCC/C=C\C/C=C\C/C=C\C/C=C\CC)OC(=O)C/C=C\C/C=C\C/C=C\C/C=C\C/C=C\CC. The van der Waals surface area contributed by atoms with Crippen molar-refractivity contribution in [1.82, 2.24) is 0 Å². The van der Waals surface area contributed by atoms with Crippen LogP contribution in [0.5, 0.6) is 0 Å². The normalized spacial score (nSPS) is 14.9. The van der Waals surface area contributed by atoms with Gasteiger partial charge in [0.05, 0.1) is 32.8 Å². The van der Waals surface area contributed by atoms with Crippen molar-refractivity contribution in [2.45, 2.75) is 290 Å². The van der Waals surface area contributed by atoms with Crippen molar-refractivity contribution in [2.24, 2.45) is 0 Å². The quantitative estimate of drug-likeness (QED) is 0.0169. The molecule has 0 saturated carbocycles. The summed E-state index contributed by atoms with van der Waals surface area (Å²) in [5.41, 5.74) is 0. The molecule has 0 aromatic carbocycles. The second-order valence-corrected chi connectivity index (χ2v) is 28.8. The molecule has 0 spiro atoms. The molecule has 5 unspecified atom stereocenters. The van der Waals surface area contributed by atoms with Gasteiger partial charge in [0.1, 0.15) is 19.3 Å². The molecule has 0 aromatic heterocycles. The number of aliphatic hydroxyl groups excluding tert-OH is 1. The third-order valence-electron chi connectivity index (χ3n) is 15.8. The first-order valence-electron chi connectivity index (χ1n) is 40.3. The predicted molar refractivity (Wildman–Crippen MR) is 445 cm³/mol. The van der Waals surface area contributed by atoms with Gasteiger partial charge in [0.2, 0.25) is 0 Å². The predicted octanol–water partition coefficient (Wildman–Crippen LogP) is 23.9. The van der Waals surface area contributed by atoms with Crippen LogP contribution >= 0.6 is 15.6 Å². The summed E-state index contributed by atoms with van der Waals surface area (Å²) in [6.07, 6.45) is 98.4. The molecule has 0 amide bonds. The summed E-state index contributed by atoms with van der Waals surface area (Å²) in [6, 6.07) is 0. The smallest absolute Gasteiger partial charge is 0.462 e. The van der Waals surface area contributed by atoms with E-state index < -0.39 is 97.5 Å². The van der Waals surface area contributed by atoms with Crippen LogP contribution in [-0.2, 0) is 65.4 Å². The van der Waals surface area contributed by atoms with Crippen LogP contribution in [0.4, 0.5) is 0 Å². The Labute approximate surface area is 652 Å². The molecule has 0 aliphatic rings. The van der Waals surface area contributed by atoms with E-state index >= 15 is 0 Å². The Bertz CT molecular complexity index is 2860. The first kappa shape index (κ1) is 102. The number of aliphatic hydroxyl groups is 1. The molecule has 5 atom stereocenters. The van der Waals surface area contributed by atoms with Crippen molar-refractivity contribution >= 4 is 39.5 Å². The summed E-state index contributed by atoms with van der Waals surface area (Å²) in [6.45, 7) is 4.25. The number of allylic oxidation sites excluding steroid dienone is 33. The number of phosphoric ester groups is 2. The third-order valence-corrected chi connectivity index (χ3v) is 17.7. The molecule has 0 radical (unpaired) electrons. The fraction of sp³-hybridized carbons (Fsp3) is 0.573. The van der Waals surface area contributed by atoms with E-state index in [9.17, 15) is 43.2 Å². The fourth-order valence-electron chi connectivity index (χ4n) is 9.74. The van der Waals surface area contributed by atoms with Gasteiger partial charge in [-0.25, -0.2) is 9.13 Å². The highest BCUT2D eigenvalue weighted by Crippen LogP contribution is 2.45. The maximum atomic E-state index is 13.1. The minimum absolute atomic E-state index is 0.0514. The number of hydrogen-bond donors (Lipinski definition) is 3. The van der Waals surface area contributed by atoms with Crippen molar-refractivity contribution in [3.05, 3.63) is 207 Å². The number of unbranched alkanes of at least 4 members (excludes halogenated alkanes) is 14. The van der Waals surface area contributed by atoms with Crippen LogP contribution in [0.2, 0.25) is 0 Å². The summed E-state index contributed by atoms with van der Waals surface area (Å²) in [7, 11) is -10.0. The zero-order valence-corrected chi connectivity index (χ0v) is 68.2. The van der Waals surface area contributed by atoms with Gasteiger partial charge in [0.15, 0.2) is 12.2 Å². The topological polar surface area (TPSA) is 237 Å². The summed E-state index contributed by atoms with van der Waals surface area (Å²) in [4.78, 5) is 73.0. The average Bonchev–Trinajstić information content (AvgIpc) is 0.906. The lowest BCUT2D eigenvalue weighted by Crippen LogP contribution is -2.30. The highest BCUT2D eigenvalue weighted by Gasteiger charge is 2.30. The van der Waals surface area contributed by atoms with Crippen molar-refractivity contribution < 1.29 is 80.2 Å². The first-order chi connectivity index (χ1) is 52.7. The molecule has 0 fully saturated rings. The van der Waals surface area contributed by atoms with E-state index in [4.69, 9.17) is 37.0 Å². The standard InChI is InChI=1S/C89H140O17P2/c1-5-9-13-17-21-25-29-33-37-40-41-44-47-50-54-58-62-66-70-74-87(92)100-80-85(106-89(94)76-72-68-64-60-56-52-48-43-39-35-31-27-23-19-15-11-7-3)82-104-108(97,98)102-78-83(90)77-101-107(95,96)103-81-84(105-88(93)75-71-67-63-59-55-51-45-36-32-28-24-20-16-12-8-4)79-99-86(91)73-69-65-61-57-53-49-46-42-38-34-30-26-22-18-14-10-6-2/h10-12,14-16,21-28,33-39,41,44-46,48-49,52,55,57,59,61,67,71,83-85,90H,5-9,13,17-20,29-32,40,42-43,47,50-51,53-54,56,58,60,62-66,68-70,72-82H2,1-4H3,(H,95,96)(H,97,98)/b14-10-,15-11-,16-12-,25-21-,26-22-,27-23-,28-24-,37-33-,38-34-,39-35-,44-41-,45-36-,49-46-,52-48-,59-55-,61-57-,71-67-. The molecule has 0 heterocycles. The van der Waals surface area contributed by atoms with Crippen molar-refractivity contribution in [3.63, 3.8) is 0 Å². The Hall–Kier alpha value is -6.36. The van der Waals surface area contributed by atoms with E-state index in [1.165, 1.54) is 19.3 Å². The second kappa shape index (κ2) is 78.8. The molecule has 3 N–H and O–H groups in total. The van der Waals surface area contributed by atoms with Crippen molar-refractivity contribution in [2.75, 3.05) is 39.6 Å². The lowest BCUT2D eigenvalue weighted by Gasteiger charge is -2.21. The highest BCUT2D eigenvalue weighted by molar-refractivity contribution is 7.47. The van der Waals surface area contributed by atoms with Gasteiger partial charge in [-0.1, -0.05) is 286 Å². The van der Waals surface area contributed by atoms with E-state index in [0.29, 0.717) is 32.1 Å². The maximum absolute atomic E-state index is 13.1. The van der Waals surface area contributed by atoms with E-state index in [1.54, 1.807) is 12.2 Å². The molecule has 608 valence electrons. The minimum atomic E-state index is -5.03. The number of esters is 4. The first-order valence-corrected chi connectivity index (χ1v) is 43.3. The van der Waals surface area contributed by atoms with E-state index in [2.05, 4.69) is 198 Å². The molecule has 0 aliphatic heterocycles. The molecule has 0 aliphatic carbocycles. The fourth-order valence-corrected chi connectivity index (χ4v) is 11.3. The number of ether oxygens (including phenoxy) is 4. The molecule has 19 heteroatoms. The molecule has 17 nitrogen and oxygen atoms in total. The lowest BCUT2D eigenvalue weighted by atomic mass is 10.1. The molecule has 0 aromatic rings. The second-order valence-electron chi connectivity index (χ2n) is 25.9. The van der Waals surface area contributed by atoms with Crippen molar-refractivity contribution in [1.29, 1.82) is 0 Å². The Kier molecular flexibility index (Phi) is 74.1. The summed E-state index contributed by atoms with van der Waals surface area (Å²) < 4.78 is 68.4. The number of carbonyl (C=O) groups excluding carboxylic acids is 4. The Morgan fingerprint density at radius 2 is 0.528 bits per heavy atom. The van der Waals surface area contributed by atoms with Gasteiger partial charge >= 0.3 is 39.5 Å². The molecule has 0 rings (SSSR count). The highest BCUT2D eigenvalue weighted by atomic mass is 31.2. The molecular weight excluding hydrogens is 1400 g/mol. The van der Waals surface area contributed by atoms with Gasteiger partial charge in [-0.3, -0.25) is 37.3 Å². The number of phosphoric acid groups is 2. The monoisotopic (exact) mass is 1540 g/mol. The maximum Gasteiger partial charge on any atom is 0.472 e. The van der Waals surface area contributed by atoms with Crippen LogP contribution in [0.1, 0.15) is 272 Å². The van der Waals surface area contributed by atoms with Gasteiger partial charge in [-0.2, -0.15) is 0 Å². The lowest BCUT2D eigenvalue weighted by molar-refractivity contribution is -0.161. The van der Waals surface area contributed by atoms with Gasteiger partial charge in [0, 0.05) is 19.3 Å². The van der Waals surface area contributed by atoms with E-state index in [0.717, 1.165) is 167 Å². The van der Waals surface area contributed by atoms with Crippen LogP contribution in [-0.4, -0.2) is 96.7 Å². The summed E-state index contributed by atoms with van der Waals surface area (Å²) in [5, 5.41) is 10.6. The summed E-state index contributed by atoms with van der Waals surface area (Å²) in [5.74, 6) is -2.46. The number of rotatable bonds is 73. The zero-order chi connectivity index (χ0) is 78.9. The van der Waals surface area contributed by atoms with Crippen LogP contribution in [0, 0.1) is 0 Å². The molecule has 0 saturated heterocycles. The Morgan fingerprint density at radius 3 is 0.861 bits per heavy atom. The minimum Gasteiger partial charge on any atom is -0.462 e. The summed E-state index contributed by atoms with van der Waals surface area (Å²) >= 11 is 0.